The number of benzene rings is 1. The number of rotatable bonds is 8. The zero-order valence-corrected chi connectivity index (χ0v) is 14.7. The predicted molar refractivity (Wildman–Crippen MR) is 95.4 cm³/mol. The van der Waals surface area contributed by atoms with E-state index in [0.717, 1.165) is 17.9 Å². The summed E-state index contributed by atoms with van der Waals surface area (Å²) < 4.78 is 10.4. The lowest BCUT2D eigenvalue weighted by Gasteiger charge is -2.22. The van der Waals surface area contributed by atoms with E-state index in [0.29, 0.717) is 25.6 Å². The Labute approximate surface area is 148 Å². The molecule has 0 saturated heterocycles. The molecule has 1 aromatic heterocycles. The monoisotopic (exact) mass is 340 g/mol. The van der Waals surface area contributed by atoms with Crippen molar-refractivity contribution in [3.05, 3.63) is 59.9 Å². The Morgan fingerprint density at radius 2 is 2.00 bits per heavy atom. The Morgan fingerprint density at radius 1 is 1.20 bits per heavy atom. The summed E-state index contributed by atoms with van der Waals surface area (Å²) >= 11 is 0. The standard InChI is InChI=1S/C20H24N2O3/c1-24-12-11-22(14-16-5-3-4-10-21-16)20(23)19-13-18(19)15-6-8-17(25-2)9-7-15/h3-10,18-19H,11-14H2,1-2H3/t18-,19+/m1/s1. The van der Waals surface area contributed by atoms with Crippen molar-refractivity contribution in [3.63, 3.8) is 0 Å². The van der Waals surface area contributed by atoms with E-state index in [2.05, 4.69) is 17.1 Å². The highest BCUT2D eigenvalue weighted by atomic mass is 16.5. The summed E-state index contributed by atoms with van der Waals surface area (Å²) in [7, 11) is 3.31. The quantitative estimate of drug-likeness (QED) is 0.741. The van der Waals surface area contributed by atoms with Gasteiger partial charge < -0.3 is 14.4 Å². The van der Waals surface area contributed by atoms with Gasteiger partial charge in [0.2, 0.25) is 5.91 Å². The molecule has 0 spiro atoms. The van der Waals surface area contributed by atoms with Crippen LogP contribution in [-0.2, 0) is 16.1 Å². The van der Waals surface area contributed by atoms with Gasteiger partial charge in [-0.2, -0.15) is 0 Å². The maximum absolute atomic E-state index is 12.9. The Balaban J connectivity index is 1.65. The van der Waals surface area contributed by atoms with E-state index in [4.69, 9.17) is 9.47 Å². The largest absolute Gasteiger partial charge is 0.497 e. The van der Waals surface area contributed by atoms with Crippen LogP contribution in [0.2, 0.25) is 0 Å². The number of hydrogen-bond acceptors (Lipinski definition) is 4. The zero-order valence-electron chi connectivity index (χ0n) is 14.7. The van der Waals surface area contributed by atoms with E-state index in [1.807, 2.05) is 35.2 Å². The molecule has 25 heavy (non-hydrogen) atoms. The molecule has 5 heteroatoms. The zero-order chi connectivity index (χ0) is 17.6. The van der Waals surface area contributed by atoms with E-state index in [-0.39, 0.29) is 11.8 Å². The first kappa shape index (κ1) is 17.4. The van der Waals surface area contributed by atoms with E-state index in [9.17, 15) is 4.79 Å². The van der Waals surface area contributed by atoms with Crippen molar-refractivity contribution in [2.45, 2.75) is 18.9 Å². The Kier molecular flexibility index (Phi) is 5.66. The molecule has 1 saturated carbocycles. The van der Waals surface area contributed by atoms with E-state index in [1.54, 1.807) is 20.4 Å². The lowest BCUT2D eigenvalue weighted by molar-refractivity contribution is -0.134. The number of methoxy groups -OCH3 is 2. The van der Waals surface area contributed by atoms with Crippen molar-refractivity contribution in [1.29, 1.82) is 0 Å². The van der Waals surface area contributed by atoms with Crippen molar-refractivity contribution in [1.82, 2.24) is 9.88 Å². The van der Waals surface area contributed by atoms with Gasteiger partial charge in [0.05, 0.1) is 26.0 Å². The second-order valence-electron chi connectivity index (χ2n) is 6.30. The molecule has 1 aliphatic carbocycles. The van der Waals surface area contributed by atoms with Crippen LogP contribution in [-0.4, -0.2) is 43.2 Å². The minimum absolute atomic E-state index is 0.0500. The van der Waals surface area contributed by atoms with Gasteiger partial charge in [-0.1, -0.05) is 18.2 Å². The molecular formula is C20H24N2O3. The minimum atomic E-state index is 0.0500. The van der Waals surface area contributed by atoms with Gasteiger partial charge in [-0.05, 0) is 42.2 Å². The first-order valence-electron chi connectivity index (χ1n) is 8.54. The lowest BCUT2D eigenvalue weighted by Crippen LogP contribution is -2.35. The number of nitrogens with zero attached hydrogens (tertiary/aromatic N) is 2. The van der Waals surface area contributed by atoms with E-state index < -0.39 is 0 Å². The van der Waals surface area contributed by atoms with Crippen molar-refractivity contribution >= 4 is 5.91 Å². The Hall–Kier alpha value is -2.40. The molecule has 0 unspecified atom stereocenters. The van der Waals surface area contributed by atoms with Crippen LogP contribution >= 0.6 is 0 Å². The van der Waals surface area contributed by atoms with Gasteiger partial charge in [-0.25, -0.2) is 0 Å². The average Bonchev–Trinajstić information content (AvgIpc) is 3.46. The maximum Gasteiger partial charge on any atom is 0.226 e. The molecule has 0 N–H and O–H groups in total. The number of aromatic nitrogens is 1. The number of carbonyl (C=O) groups is 1. The van der Waals surface area contributed by atoms with Crippen molar-refractivity contribution in [2.24, 2.45) is 5.92 Å². The lowest BCUT2D eigenvalue weighted by atomic mass is 10.1. The van der Waals surface area contributed by atoms with Gasteiger partial charge >= 0.3 is 0 Å². The molecule has 0 radical (unpaired) electrons. The van der Waals surface area contributed by atoms with E-state index in [1.165, 1.54) is 5.56 Å². The number of ether oxygens (including phenoxy) is 2. The molecule has 1 heterocycles. The van der Waals surface area contributed by atoms with Crippen LogP contribution in [0, 0.1) is 5.92 Å². The second kappa shape index (κ2) is 8.12. The molecule has 1 amide bonds. The van der Waals surface area contributed by atoms with Gasteiger partial charge in [0, 0.05) is 25.8 Å². The fourth-order valence-electron chi connectivity index (χ4n) is 3.08. The van der Waals surface area contributed by atoms with Crippen LogP contribution in [0.3, 0.4) is 0 Å². The Morgan fingerprint density at radius 3 is 2.64 bits per heavy atom. The molecule has 0 bridgehead atoms. The molecule has 2 atom stereocenters. The summed E-state index contributed by atoms with van der Waals surface area (Å²) in [6.45, 7) is 1.63. The summed E-state index contributed by atoms with van der Waals surface area (Å²) in [6.07, 6.45) is 2.66. The molecule has 1 aromatic carbocycles. The summed E-state index contributed by atoms with van der Waals surface area (Å²) in [5, 5.41) is 0. The van der Waals surface area contributed by atoms with Crippen molar-refractivity contribution in [3.8, 4) is 5.75 Å². The predicted octanol–water partition coefficient (Wildman–Crippen LogP) is 2.87. The molecule has 1 fully saturated rings. The van der Waals surface area contributed by atoms with Crippen LogP contribution in [0.15, 0.2) is 48.7 Å². The number of hydrogen-bond donors (Lipinski definition) is 0. The summed E-state index contributed by atoms with van der Waals surface area (Å²) in [4.78, 5) is 19.1. The molecule has 0 aliphatic heterocycles. The number of carbonyl (C=O) groups excluding carboxylic acids is 1. The summed E-state index contributed by atoms with van der Waals surface area (Å²) in [5.41, 5.74) is 2.09. The summed E-state index contributed by atoms with van der Waals surface area (Å²) in [5.74, 6) is 1.37. The topological polar surface area (TPSA) is 51.7 Å². The molecule has 1 aliphatic rings. The molecular weight excluding hydrogens is 316 g/mol. The van der Waals surface area contributed by atoms with Gasteiger partial charge in [0.25, 0.3) is 0 Å². The first-order valence-corrected chi connectivity index (χ1v) is 8.54. The average molecular weight is 340 g/mol. The molecule has 2 aromatic rings. The molecule has 132 valence electrons. The fraction of sp³-hybridized carbons (Fsp3) is 0.400. The highest BCUT2D eigenvalue weighted by Gasteiger charge is 2.45. The fourth-order valence-corrected chi connectivity index (χ4v) is 3.08. The third-order valence-electron chi connectivity index (χ3n) is 4.61. The normalized spacial score (nSPS) is 18.6. The van der Waals surface area contributed by atoms with Crippen LogP contribution < -0.4 is 4.74 Å². The highest BCUT2D eigenvalue weighted by molar-refractivity contribution is 5.83. The number of pyridine rings is 1. The van der Waals surface area contributed by atoms with E-state index >= 15 is 0 Å². The van der Waals surface area contributed by atoms with Crippen LogP contribution in [0.4, 0.5) is 0 Å². The Bertz CT molecular complexity index is 688. The highest BCUT2D eigenvalue weighted by Crippen LogP contribution is 2.48. The van der Waals surface area contributed by atoms with Gasteiger partial charge in [-0.15, -0.1) is 0 Å². The molecule has 3 rings (SSSR count). The van der Waals surface area contributed by atoms with Crippen LogP contribution in [0.5, 0.6) is 5.75 Å². The summed E-state index contributed by atoms with van der Waals surface area (Å²) in [6, 6.07) is 13.8. The minimum Gasteiger partial charge on any atom is -0.497 e. The van der Waals surface area contributed by atoms with Gasteiger partial charge in [-0.3, -0.25) is 9.78 Å². The number of amides is 1. The molecule has 5 nitrogen and oxygen atoms in total. The second-order valence-corrected chi connectivity index (χ2v) is 6.30. The van der Waals surface area contributed by atoms with Gasteiger partial charge in [0.1, 0.15) is 5.75 Å². The van der Waals surface area contributed by atoms with Crippen molar-refractivity contribution < 1.29 is 14.3 Å². The smallest absolute Gasteiger partial charge is 0.226 e. The third-order valence-corrected chi connectivity index (χ3v) is 4.61. The maximum atomic E-state index is 12.9. The third kappa shape index (κ3) is 4.37. The van der Waals surface area contributed by atoms with Crippen LogP contribution in [0.25, 0.3) is 0 Å². The first-order chi connectivity index (χ1) is 12.2. The van der Waals surface area contributed by atoms with Crippen LogP contribution in [0.1, 0.15) is 23.6 Å². The van der Waals surface area contributed by atoms with Gasteiger partial charge in [0.15, 0.2) is 0 Å². The SMILES string of the molecule is COCCN(Cc1ccccn1)C(=O)[C@H]1C[C@@H]1c1ccc(OC)cc1. The van der Waals surface area contributed by atoms with Crippen molar-refractivity contribution in [2.75, 3.05) is 27.4 Å².